The molecule has 0 unspecified atom stereocenters. The van der Waals surface area contributed by atoms with E-state index in [9.17, 15) is 0 Å². The molecule has 0 fully saturated rings. The summed E-state index contributed by atoms with van der Waals surface area (Å²) < 4.78 is 5.28. The van der Waals surface area contributed by atoms with Crippen molar-refractivity contribution in [2.45, 2.75) is 0 Å². The molecule has 0 N–H and O–H groups in total. The first-order valence-corrected chi connectivity index (χ1v) is 16.9. The van der Waals surface area contributed by atoms with Crippen LogP contribution >= 0.6 is 22.7 Å². The second-order valence-corrected chi connectivity index (χ2v) is 13.9. The predicted octanol–water partition coefficient (Wildman–Crippen LogP) is 13.4. The molecule has 45 heavy (non-hydrogen) atoms. The fourth-order valence-electron chi connectivity index (χ4n) is 7.19. The van der Waals surface area contributed by atoms with Crippen molar-refractivity contribution in [1.29, 1.82) is 0 Å². The van der Waals surface area contributed by atoms with Crippen molar-refractivity contribution in [2.24, 2.45) is 0 Å². The summed E-state index contributed by atoms with van der Waals surface area (Å²) >= 11 is 3.73. The molecule has 0 spiro atoms. The summed E-state index contributed by atoms with van der Waals surface area (Å²) in [5.41, 5.74) is 3.48. The standard InChI is InChI=1S/C42H25NS2/c1-2-11-31-29(9-1)30-10-3-4-12-32(30)36-23-26(17-20-33(31)36)43(27-18-21-41-37(24-27)34-13-5-7-15-39(34)44-41)28-19-22-42-38(25-28)35-14-6-8-16-40(35)45-42/h1-25H. The summed E-state index contributed by atoms with van der Waals surface area (Å²) in [5.74, 6) is 0. The van der Waals surface area contributed by atoms with Crippen LogP contribution in [0.5, 0.6) is 0 Å². The SMILES string of the molecule is c1ccc2c(c1)sc1ccc(N(c3ccc4sc5ccccc5c4c3)c3ccc4c5ccccc5c5ccccc5c4c3)cc12. The minimum absolute atomic E-state index is 1.15. The maximum atomic E-state index is 2.45. The van der Waals surface area contributed by atoms with E-state index in [1.807, 2.05) is 22.7 Å². The fraction of sp³-hybridized carbons (Fsp3) is 0. The lowest BCUT2D eigenvalue weighted by molar-refractivity contribution is 1.30. The second-order valence-electron chi connectivity index (χ2n) is 11.7. The molecule has 0 saturated heterocycles. The van der Waals surface area contributed by atoms with Gasteiger partial charge in [-0.05, 0) is 93.0 Å². The van der Waals surface area contributed by atoms with Gasteiger partial charge in [-0.3, -0.25) is 0 Å². The third-order valence-electron chi connectivity index (χ3n) is 9.22. The summed E-state index contributed by atoms with van der Waals surface area (Å²) in [5, 5.41) is 13.0. The van der Waals surface area contributed by atoms with Crippen molar-refractivity contribution in [3.05, 3.63) is 152 Å². The van der Waals surface area contributed by atoms with E-state index >= 15 is 0 Å². The number of hydrogen-bond donors (Lipinski definition) is 0. The van der Waals surface area contributed by atoms with Crippen molar-refractivity contribution in [2.75, 3.05) is 4.90 Å². The normalized spacial score (nSPS) is 12.0. The Morgan fingerprint density at radius 1 is 0.267 bits per heavy atom. The Morgan fingerprint density at radius 3 is 1.09 bits per heavy atom. The van der Waals surface area contributed by atoms with Gasteiger partial charge in [0.15, 0.2) is 0 Å². The average molecular weight is 608 g/mol. The molecule has 1 nitrogen and oxygen atoms in total. The van der Waals surface area contributed by atoms with E-state index in [1.165, 1.54) is 72.7 Å². The minimum Gasteiger partial charge on any atom is -0.310 e. The van der Waals surface area contributed by atoms with Gasteiger partial charge in [0.1, 0.15) is 0 Å². The topological polar surface area (TPSA) is 3.24 Å². The van der Waals surface area contributed by atoms with Crippen LogP contribution in [0.15, 0.2) is 152 Å². The first kappa shape index (κ1) is 25.1. The van der Waals surface area contributed by atoms with Crippen LogP contribution in [0, 0.1) is 0 Å². The third-order valence-corrected chi connectivity index (χ3v) is 11.5. The summed E-state index contributed by atoms with van der Waals surface area (Å²) in [7, 11) is 0. The number of benzene rings is 8. The van der Waals surface area contributed by atoms with E-state index in [4.69, 9.17) is 0 Å². The summed E-state index contributed by atoms with van der Waals surface area (Å²) in [6.45, 7) is 0. The molecular formula is C42H25NS2. The van der Waals surface area contributed by atoms with E-state index in [2.05, 4.69) is 157 Å². The molecule has 0 bridgehead atoms. The van der Waals surface area contributed by atoms with Gasteiger partial charge in [0.2, 0.25) is 0 Å². The molecule has 0 aliphatic heterocycles. The van der Waals surface area contributed by atoms with E-state index in [1.54, 1.807) is 0 Å². The summed E-state index contributed by atoms with van der Waals surface area (Å²) in [6.07, 6.45) is 0. The zero-order valence-electron chi connectivity index (χ0n) is 24.2. The number of hydrogen-bond acceptors (Lipinski definition) is 3. The van der Waals surface area contributed by atoms with Crippen molar-refractivity contribution in [1.82, 2.24) is 0 Å². The second kappa shape index (κ2) is 9.64. The monoisotopic (exact) mass is 607 g/mol. The molecule has 10 rings (SSSR count). The van der Waals surface area contributed by atoms with Crippen LogP contribution in [0.2, 0.25) is 0 Å². The van der Waals surface area contributed by atoms with Gasteiger partial charge in [-0.25, -0.2) is 0 Å². The Bertz CT molecular complexity index is 2630. The van der Waals surface area contributed by atoms with E-state index < -0.39 is 0 Å². The Balaban J connectivity index is 1.28. The van der Waals surface area contributed by atoms with Crippen LogP contribution in [-0.4, -0.2) is 0 Å². The smallest absolute Gasteiger partial charge is 0.0468 e. The van der Waals surface area contributed by atoms with Crippen LogP contribution in [0.3, 0.4) is 0 Å². The lowest BCUT2D eigenvalue weighted by Gasteiger charge is -2.26. The molecule has 3 heteroatoms. The molecule has 210 valence electrons. The van der Waals surface area contributed by atoms with Crippen molar-refractivity contribution in [3.8, 4) is 0 Å². The Hall–Kier alpha value is -5.22. The van der Waals surface area contributed by atoms with Crippen molar-refractivity contribution in [3.63, 3.8) is 0 Å². The molecule has 0 aliphatic rings. The molecule has 0 aliphatic carbocycles. The Morgan fingerprint density at radius 2 is 0.600 bits per heavy atom. The van der Waals surface area contributed by atoms with Crippen LogP contribution < -0.4 is 4.90 Å². The Labute approximate surface area is 267 Å². The largest absolute Gasteiger partial charge is 0.310 e. The van der Waals surface area contributed by atoms with E-state index in [-0.39, 0.29) is 0 Å². The van der Waals surface area contributed by atoms with E-state index in [0.29, 0.717) is 0 Å². The average Bonchev–Trinajstić information content (AvgIpc) is 3.66. The third kappa shape index (κ3) is 3.78. The highest BCUT2D eigenvalue weighted by Gasteiger charge is 2.18. The fourth-order valence-corrected chi connectivity index (χ4v) is 9.36. The number of fused-ring (bicyclic) bond motifs is 12. The van der Waals surface area contributed by atoms with Gasteiger partial charge in [0, 0.05) is 57.4 Å². The highest BCUT2D eigenvalue weighted by atomic mass is 32.1. The Kier molecular flexibility index (Phi) is 5.39. The summed E-state index contributed by atoms with van der Waals surface area (Å²) in [6, 6.07) is 56.1. The van der Waals surface area contributed by atoms with Gasteiger partial charge in [-0.2, -0.15) is 0 Å². The number of anilines is 3. The van der Waals surface area contributed by atoms with Crippen molar-refractivity contribution >= 4 is 112 Å². The van der Waals surface area contributed by atoms with Gasteiger partial charge in [0.05, 0.1) is 0 Å². The molecule has 2 aromatic heterocycles. The highest BCUT2D eigenvalue weighted by molar-refractivity contribution is 7.26. The summed E-state index contributed by atoms with van der Waals surface area (Å²) in [4.78, 5) is 2.45. The zero-order chi connectivity index (χ0) is 29.5. The quantitative estimate of drug-likeness (QED) is 0.181. The molecule has 0 amide bonds. The first-order chi connectivity index (χ1) is 22.3. The van der Waals surface area contributed by atoms with Gasteiger partial charge in [0.25, 0.3) is 0 Å². The molecule has 0 saturated carbocycles. The lowest BCUT2D eigenvalue weighted by atomic mass is 9.94. The first-order valence-electron chi connectivity index (χ1n) is 15.3. The van der Waals surface area contributed by atoms with Crippen molar-refractivity contribution < 1.29 is 0 Å². The predicted molar refractivity (Wildman–Crippen MR) is 199 cm³/mol. The number of nitrogens with zero attached hydrogens (tertiary/aromatic N) is 1. The van der Waals surface area contributed by atoms with Gasteiger partial charge in [-0.1, -0.05) is 91.0 Å². The molecule has 8 aromatic carbocycles. The lowest BCUT2D eigenvalue weighted by Crippen LogP contribution is -2.09. The molecule has 0 radical (unpaired) electrons. The molecular weight excluding hydrogens is 583 g/mol. The van der Waals surface area contributed by atoms with Gasteiger partial charge in [-0.15, -0.1) is 22.7 Å². The highest BCUT2D eigenvalue weighted by Crippen LogP contribution is 2.45. The maximum Gasteiger partial charge on any atom is 0.0468 e. The minimum atomic E-state index is 1.15. The molecule has 0 atom stereocenters. The van der Waals surface area contributed by atoms with Crippen LogP contribution in [0.4, 0.5) is 17.1 Å². The maximum absolute atomic E-state index is 2.45. The molecule has 2 heterocycles. The van der Waals surface area contributed by atoms with Gasteiger partial charge < -0.3 is 4.90 Å². The van der Waals surface area contributed by atoms with Crippen LogP contribution in [-0.2, 0) is 0 Å². The number of thiophene rings is 2. The van der Waals surface area contributed by atoms with E-state index in [0.717, 1.165) is 17.1 Å². The van der Waals surface area contributed by atoms with Crippen LogP contribution in [0.1, 0.15) is 0 Å². The number of rotatable bonds is 3. The zero-order valence-corrected chi connectivity index (χ0v) is 25.8. The van der Waals surface area contributed by atoms with Gasteiger partial charge >= 0.3 is 0 Å². The molecule has 10 aromatic rings. The van der Waals surface area contributed by atoms with Crippen LogP contribution in [0.25, 0.3) is 72.7 Å².